The number of ketones is 1. The van der Waals surface area contributed by atoms with Crippen LogP contribution in [0.2, 0.25) is 0 Å². The van der Waals surface area contributed by atoms with Gasteiger partial charge in [0.25, 0.3) is 11.7 Å². The summed E-state index contributed by atoms with van der Waals surface area (Å²) in [4.78, 5) is 29.4. The lowest BCUT2D eigenvalue weighted by Gasteiger charge is -2.26. The third kappa shape index (κ3) is 4.94. The van der Waals surface area contributed by atoms with Crippen LogP contribution in [0.15, 0.2) is 54.1 Å². The SMILES string of the molecule is COc1ccc(/C(O)=C2\C(=O)C(=O)N(CCN(C)C)[C@@H]2c2ccc(OC(C)C)cc2)cc1. The largest absolute Gasteiger partial charge is 0.507 e. The van der Waals surface area contributed by atoms with Crippen LogP contribution in [0.5, 0.6) is 11.5 Å². The molecule has 0 saturated carbocycles. The fraction of sp³-hybridized carbons (Fsp3) is 0.360. The second-order valence-corrected chi connectivity index (χ2v) is 8.26. The van der Waals surface area contributed by atoms with Gasteiger partial charge < -0.3 is 24.4 Å². The average Bonchev–Trinajstić information content (AvgIpc) is 3.02. The number of aliphatic hydroxyl groups is 1. The molecule has 1 aliphatic heterocycles. The summed E-state index contributed by atoms with van der Waals surface area (Å²) in [7, 11) is 5.36. The lowest BCUT2D eigenvalue weighted by molar-refractivity contribution is -0.140. The summed E-state index contributed by atoms with van der Waals surface area (Å²) in [6.07, 6.45) is 0.0293. The molecule has 0 radical (unpaired) electrons. The lowest BCUT2D eigenvalue weighted by Crippen LogP contribution is -2.35. The Hall–Kier alpha value is -3.32. The normalized spacial score (nSPS) is 18.0. The molecule has 1 heterocycles. The molecule has 1 atom stereocenters. The van der Waals surface area contributed by atoms with Crippen LogP contribution >= 0.6 is 0 Å². The van der Waals surface area contributed by atoms with Gasteiger partial charge in [-0.25, -0.2) is 0 Å². The summed E-state index contributed by atoms with van der Waals surface area (Å²) < 4.78 is 10.9. The van der Waals surface area contributed by atoms with E-state index >= 15 is 0 Å². The van der Waals surface area contributed by atoms with E-state index in [1.54, 1.807) is 31.4 Å². The summed E-state index contributed by atoms with van der Waals surface area (Å²) >= 11 is 0. The number of amides is 1. The van der Waals surface area contributed by atoms with Crippen molar-refractivity contribution in [1.29, 1.82) is 0 Å². The van der Waals surface area contributed by atoms with Gasteiger partial charge in [-0.05, 0) is 69.9 Å². The zero-order chi connectivity index (χ0) is 23.4. The number of likely N-dealkylation sites (tertiary alicyclic amines) is 1. The third-order valence-corrected chi connectivity index (χ3v) is 5.26. The molecule has 0 spiro atoms. The number of likely N-dealkylation sites (N-methyl/N-ethyl adjacent to an activating group) is 1. The molecule has 0 bridgehead atoms. The molecule has 170 valence electrons. The van der Waals surface area contributed by atoms with Crippen LogP contribution in [0.3, 0.4) is 0 Å². The Kier molecular flexibility index (Phi) is 7.20. The molecular weight excluding hydrogens is 408 g/mol. The van der Waals surface area contributed by atoms with E-state index < -0.39 is 17.7 Å². The highest BCUT2D eigenvalue weighted by Crippen LogP contribution is 2.39. The smallest absolute Gasteiger partial charge is 0.295 e. The predicted octanol–water partition coefficient (Wildman–Crippen LogP) is 3.47. The van der Waals surface area contributed by atoms with E-state index in [0.717, 1.165) is 5.56 Å². The molecular formula is C25H30N2O5. The number of aliphatic hydroxyl groups excluding tert-OH is 1. The first-order chi connectivity index (χ1) is 15.2. The van der Waals surface area contributed by atoms with Gasteiger partial charge in [-0.2, -0.15) is 0 Å². The predicted molar refractivity (Wildman–Crippen MR) is 123 cm³/mol. The molecule has 1 aliphatic rings. The van der Waals surface area contributed by atoms with Gasteiger partial charge in [-0.15, -0.1) is 0 Å². The lowest BCUT2D eigenvalue weighted by atomic mass is 9.95. The Morgan fingerprint density at radius 3 is 2.16 bits per heavy atom. The molecule has 1 fully saturated rings. The average molecular weight is 439 g/mol. The fourth-order valence-corrected chi connectivity index (χ4v) is 3.67. The third-order valence-electron chi connectivity index (χ3n) is 5.26. The molecule has 7 nitrogen and oxygen atoms in total. The molecule has 2 aromatic carbocycles. The topological polar surface area (TPSA) is 79.3 Å². The van der Waals surface area contributed by atoms with Gasteiger partial charge in [-0.1, -0.05) is 12.1 Å². The van der Waals surface area contributed by atoms with Crippen LogP contribution in [0, 0.1) is 0 Å². The maximum absolute atomic E-state index is 13.0. The van der Waals surface area contributed by atoms with Crippen LogP contribution in [-0.4, -0.2) is 67.0 Å². The van der Waals surface area contributed by atoms with Crippen LogP contribution in [0.1, 0.15) is 31.0 Å². The summed E-state index contributed by atoms with van der Waals surface area (Å²) in [5.74, 6) is -0.181. The van der Waals surface area contributed by atoms with Crippen LogP contribution in [-0.2, 0) is 9.59 Å². The number of rotatable bonds is 8. The molecule has 2 aromatic rings. The Balaban J connectivity index is 2.07. The van der Waals surface area contributed by atoms with Crippen molar-refractivity contribution in [2.45, 2.75) is 26.0 Å². The van der Waals surface area contributed by atoms with Crippen molar-refractivity contribution in [3.8, 4) is 11.5 Å². The number of Topliss-reactive ketones (excluding diaryl/α,β-unsaturated/α-hetero) is 1. The van der Waals surface area contributed by atoms with E-state index in [1.165, 1.54) is 4.90 Å². The van der Waals surface area contributed by atoms with Gasteiger partial charge >= 0.3 is 0 Å². The van der Waals surface area contributed by atoms with Gasteiger partial charge in [0.05, 0.1) is 24.8 Å². The Bertz CT molecular complexity index is 994. The molecule has 1 amide bonds. The van der Waals surface area contributed by atoms with E-state index in [4.69, 9.17) is 9.47 Å². The van der Waals surface area contributed by atoms with E-state index in [0.29, 0.717) is 30.2 Å². The molecule has 0 aromatic heterocycles. The molecule has 0 aliphatic carbocycles. The van der Waals surface area contributed by atoms with Gasteiger partial charge in [0.2, 0.25) is 0 Å². The van der Waals surface area contributed by atoms with Crippen molar-refractivity contribution in [1.82, 2.24) is 9.80 Å². The highest BCUT2D eigenvalue weighted by atomic mass is 16.5. The minimum absolute atomic E-state index is 0.0293. The number of nitrogens with zero attached hydrogens (tertiary/aromatic N) is 2. The number of hydrogen-bond acceptors (Lipinski definition) is 6. The van der Waals surface area contributed by atoms with E-state index in [9.17, 15) is 14.7 Å². The Labute approximate surface area is 188 Å². The van der Waals surface area contributed by atoms with E-state index in [-0.39, 0.29) is 17.4 Å². The van der Waals surface area contributed by atoms with Crippen molar-refractivity contribution in [3.63, 3.8) is 0 Å². The van der Waals surface area contributed by atoms with Crippen molar-refractivity contribution in [3.05, 3.63) is 65.2 Å². The number of ether oxygens (including phenoxy) is 2. The molecule has 32 heavy (non-hydrogen) atoms. The first-order valence-electron chi connectivity index (χ1n) is 10.6. The second-order valence-electron chi connectivity index (χ2n) is 8.26. The first-order valence-corrected chi connectivity index (χ1v) is 10.6. The maximum atomic E-state index is 13.0. The number of hydrogen-bond donors (Lipinski definition) is 1. The fourth-order valence-electron chi connectivity index (χ4n) is 3.67. The summed E-state index contributed by atoms with van der Waals surface area (Å²) in [6.45, 7) is 4.82. The van der Waals surface area contributed by atoms with Gasteiger partial charge in [0.15, 0.2) is 0 Å². The number of benzene rings is 2. The number of carbonyl (C=O) groups excluding carboxylic acids is 2. The zero-order valence-electron chi connectivity index (χ0n) is 19.2. The van der Waals surface area contributed by atoms with Crippen LogP contribution in [0.4, 0.5) is 0 Å². The van der Waals surface area contributed by atoms with Crippen molar-refractivity contribution < 1.29 is 24.2 Å². The van der Waals surface area contributed by atoms with Crippen LogP contribution < -0.4 is 9.47 Å². The maximum Gasteiger partial charge on any atom is 0.295 e. The van der Waals surface area contributed by atoms with Crippen molar-refractivity contribution >= 4 is 17.4 Å². The standard InChI is InChI=1S/C25H30N2O5/c1-16(2)32-20-12-6-17(7-13-20)22-21(23(28)18-8-10-19(31-5)11-9-18)24(29)25(30)27(22)15-14-26(3)4/h6-13,16,22,28H,14-15H2,1-5H3/b23-21+/t22-/m1/s1. The van der Waals surface area contributed by atoms with Gasteiger partial charge in [0, 0.05) is 18.7 Å². The Morgan fingerprint density at radius 1 is 1.03 bits per heavy atom. The van der Waals surface area contributed by atoms with Crippen LogP contribution in [0.25, 0.3) is 5.76 Å². The highest BCUT2D eigenvalue weighted by Gasteiger charge is 2.45. The molecule has 7 heteroatoms. The highest BCUT2D eigenvalue weighted by molar-refractivity contribution is 6.46. The summed E-state index contributed by atoms with van der Waals surface area (Å²) in [6, 6.07) is 13.3. The summed E-state index contributed by atoms with van der Waals surface area (Å²) in [5.41, 5.74) is 1.26. The monoisotopic (exact) mass is 438 g/mol. The minimum atomic E-state index is -0.690. The molecule has 0 unspecified atom stereocenters. The van der Waals surface area contributed by atoms with E-state index in [1.807, 2.05) is 57.1 Å². The van der Waals surface area contributed by atoms with Gasteiger partial charge in [-0.3, -0.25) is 9.59 Å². The summed E-state index contributed by atoms with van der Waals surface area (Å²) in [5, 5.41) is 11.1. The van der Waals surface area contributed by atoms with Crippen molar-refractivity contribution in [2.24, 2.45) is 0 Å². The zero-order valence-corrected chi connectivity index (χ0v) is 19.2. The Morgan fingerprint density at radius 2 is 1.62 bits per heavy atom. The first kappa shape index (κ1) is 23.3. The molecule has 3 rings (SSSR count). The van der Waals surface area contributed by atoms with Gasteiger partial charge in [0.1, 0.15) is 17.3 Å². The van der Waals surface area contributed by atoms with Crippen molar-refractivity contribution in [2.75, 3.05) is 34.3 Å². The number of methoxy groups -OCH3 is 1. The molecule has 1 saturated heterocycles. The van der Waals surface area contributed by atoms with E-state index in [2.05, 4.69) is 0 Å². The number of carbonyl (C=O) groups is 2. The quantitative estimate of drug-likeness (QED) is 0.386. The second kappa shape index (κ2) is 9.87. The minimum Gasteiger partial charge on any atom is -0.507 e. The molecule has 1 N–H and O–H groups in total.